The third kappa shape index (κ3) is 4.48. The van der Waals surface area contributed by atoms with Gasteiger partial charge in [0.2, 0.25) is 0 Å². The first-order valence-corrected chi connectivity index (χ1v) is 7.27. The van der Waals surface area contributed by atoms with E-state index >= 15 is 0 Å². The minimum Gasteiger partial charge on any atom is -0.490 e. The summed E-state index contributed by atoms with van der Waals surface area (Å²) in [6.45, 7) is 3.62. The standard InChI is InChI=1S/C12H16Br2O3/c1-3-16-11-7-9(8-13)6-10(14)12(11)17-5-4-15-2/h6-7H,3-5,8H2,1-2H3. The Balaban J connectivity index is 2.90. The van der Waals surface area contributed by atoms with Gasteiger partial charge >= 0.3 is 0 Å². The molecule has 3 nitrogen and oxygen atoms in total. The van der Waals surface area contributed by atoms with Gasteiger partial charge in [-0.25, -0.2) is 0 Å². The first kappa shape index (κ1) is 14.8. The molecule has 0 aliphatic carbocycles. The van der Waals surface area contributed by atoms with E-state index in [4.69, 9.17) is 14.2 Å². The lowest BCUT2D eigenvalue weighted by Crippen LogP contribution is -2.06. The Morgan fingerprint density at radius 2 is 1.94 bits per heavy atom. The van der Waals surface area contributed by atoms with Crippen LogP contribution in [0.2, 0.25) is 0 Å². The molecule has 0 aliphatic heterocycles. The van der Waals surface area contributed by atoms with Gasteiger partial charge in [-0.3, -0.25) is 0 Å². The molecule has 0 aromatic heterocycles. The van der Waals surface area contributed by atoms with Crippen molar-refractivity contribution in [2.75, 3.05) is 26.9 Å². The molecular formula is C12H16Br2O3. The number of rotatable bonds is 7. The van der Waals surface area contributed by atoms with Crippen molar-refractivity contribution >= 4 is 31.9 Å². The second kappa shape index (κ2) is 7.95. The molecule has 1 rings (SSSR count). The quantitative estimate of drug-likeness (QED) is 0.542. The molecule has 96 valence electrons. The summed E-state index contributed by atoms with van der Waals surface area (Å²) in [5.74, 6) is 1.49. The van der Waals surface area contributed by atoms with E-state index in [1.807, 2.05) is 19.1 Å². The Morgan fingerprint density at radius 3 is 2.53 bits per heavy atom. The summed E-state index contributed by atoms with van der Waals surface area (Å²) >= 11 is 6.92. The molecule has 1 aromatic carbocycles. The summed E-state index contributed by atoms with van der Waals surface area (Å²) in [4.78, 5) is 0. The largest absolute Gasteiger partial charge is 0.490 e. The number of hydrogen-bond acceptors (Lipinski definition) is 3. The first-order valence-electron chi connectivity index (χ1n) is 5.35. The van der Waals surface area contributed by atoms with Crippen LogP contribution in [0.3, 0.4) is 0 Å². The topological polar surface area (TPSA) is 27.7 Å². The van der Waals surface area contributed by atoms with Gasteiger partial charge in [-0.2, -0.15) is 0 Å². The van der Waals surface area contributed by atoms with Crippen molar-refractivity contribution in [3.63, 3.8) is 0 Å². The Labute approximate surface area is 119 Å². The normalized spacial score (nSPS) is 10.4. The maximum atomic E-state index is 5.65. The van der Waals surface area contributed by atoms with Gasteiger partial charge in [0.15, 0.2) is 11.5 Å². The molecule has 0 fully saturated rings. The predicted molar refractivity (Wildman–Crippen MR) is 75.3 cm³/mol. The summed E-state index contributed by atoms with van der Waals surface area (Å²) in [7, 11) is 1.65. The molecule has 0 bridgehead atoms. The van der Waals surface area contributed by atoms with E-state index in [0.29, 0.717) is 19.8 Å². The average Bonchev–Trinajstić information content (AvgIpc) is 2.32. The lowest BCUT2D eigenvalue weighted by atomic mass is 10.2. The summed E-state index contributed by atoms with van der Waals surface area (Å²) in [6, 6.07) is 3.99. The van der Waals surface area contributed by atoms with Crippen molar-refractivity contribution in [2.45, 2.75) is 12.3 Å². The van der Waals surface area contributed by atoms with Gasteiger partial charge in [-0.1, -0.05) is 15.9 Å². The van der Waals surface area contributed by atoms with E-state index in [9.17, 15) is 0 Å². The zero-order chi connectivity index (χ0) is 12.7. The van der Waals surface area contributed by atoms with Crippen molar-refractivity contribution in [1.82, 2.24) is 0 Å². The van der Waals surface area contributed by atoms with Crippen LogP contribution in [0, 0.1) is 0 Å². The van der Waals surface area contributed by atoms with E-state index in [-0.39, 0.29) is 0 Å². The highest BCUT2D eigenvalue weighted by molar-refractivity contribution is 9.10. The van der Waals surface area contributed by atoms with Crippen molar-refractivity contribution in [1.29, 1.82) is 0 Å². The molecule has 0 saturated heterocycles. The average molecular weight is 368 g/mol. The van der Waals surface area contributed by atoms with Crippen molar-refractivity contribution in [2.24, 2.45) is 0 Å². The Bertz CT molecular complexity index is 356. The third-order valence-electron chi connectivity index (χ3n) is 2.06. The van der Waals surface area contributed by atoms with Crippen LogP contribution >= 0.6 is 31.9 Å². The number of halogens is 2. The Kier molecular flexibility index (Phi) is 6.92. The van der Waals surface area contributed by atoms with Gasteiger partial charge in [-0.05, 0) is 40.5 Å². The second-order valence-corrected chi connectivity index (χ2v) is 4.73. The van der Waals surface area contributed by atoms with Crippen molar-refractivity contribution in [3.8, 4) is 11.5 Å². The third-order valence-corrected chi connectivity index (χ3v) is 3.29. The van der Waals surface area contributed by atoms with Crippen LogP contribution in [0.25, 0.3) is 0 Å². The van der Waals surface area contributed by atoms with Gasteiger partial charge in [-0.15, -0.1) is 0 Å². The van der Waals surface area contributed by atoms with Crippen molar-refractivity contribution in [3.05, 3.63) is 22.2 Å². The molecule has 0 atom stereocenters. The van der Waals surface area contributed by atoms with E-state index in [1.165, 1.54) is 0 Å². The number of methoxy groups -OCH3 is 1. The van der Waals surface area contributed by atoms with Crippen LogP contribution in [-0.4, -0.2) is 26.9 Å². The molecule has 0 spiro atoms. The molecule has 0 unspecified atom stereocenters. The van der Waals surface area contributed by atoms with Crippen LogP contribution < -0.4 is 9.47 Å². The zero-order valence-corrected chi connectivity index (χ0v) is 13.1. The highest BCUT2D eigenvalue weighted by Gasteiger charge is 2.11. The van der Waals surface area contributed by atoms with E-state index in [2.05, 4.69) is 31.9 Å². The maximum absolute atomic E-state index is 5.65. The highest BCUT2D eigenvalue weighted by Crippen LogP contribution is 2.37. The summed E-state index contributed by atoms with van der Waals surface area (Å²) in [5.41, 5.74) is 1.14. The highest BCUT2D eigenvalue weighted by atomic mass is 79.9. The number of ether oxygens (including phenoxy) is 3. The van der Waals surface area contributed by atoms with Gasteiger partial charge in [0, 0.05) is 12.4 Å². The number of hydrogen-bond donors (Lipinski definition) is 0. The van der Waals surface area contributed by atoms with Gasteiger partial charge in [0.1, 0.15) is 6.61 Å². The van der Waals surface area contributed by atoms with Crippen LogP contribution in [0.4, 0.5) is 0 Å². The first-order chi connectivity index (χ1) is 8.22. The van der Waals surface area contributed by atoms with E-state index in [0.717, 1.165) is 26.9 Å². The fourth-order valence-electron chi connectivity index (χ4n) is 1.33. The SMILES string of the molecule is CCOc1cc(CBr)cc(Br)c1OCCOC. The fraction of sp³-hybridized carbons (Fsp3) is 0.500. The molecule has 1 aromatic rings. The summed E-state index contributed by atoms with van der Waals surface area (Å²) < 4.78 is 17.1. The van der Waals surface area contributed by atoms with Crippen LogP contribution in [0.15, 0.2) is 16.6 Å². The lowest BCUT2D eigenvalue weighted by Gasteiger charge is -2.14. The molecule has 0 saturated carbocycles. The van der Waals surface area contributed by atoms with E-state index in [1.54, 1.807) is 7.11 Å². The molecule has 0 amide bonds. The van der Waals surface area contributed by atoms with Crippen LogP contribution in [-0.2, 0) is 10.1 Å². The fourth-order valence-corrected chi connectivity index (χ4v) is 2.26. The van der Waals surface area contributed by atoms with E-state index < -0.39 is 0 Å². The molecule has 0 radical (unpaired) electrons. The lowest BCUT2D eigenvalue weighted by molar-refractivity contribution is 0.143. The predicted octanol–water partition coefficient (Wildman–Crippen LogP) is 3.77. The van der Waals surface area contributed by atoms with Crippen molar-refractivity contribution < 1.29 is 14.2 Å². The Hall–Kier alpha value is -0.260. The summed E-state index contributed by atoms with van der Waals surface area (Å²) in [6.07, 6.45) is 0. The molecule has 0 aliphatic rings. The Morgan fingerprint density at radius 1 is 1.18 bits per heavy atom. The minimum absolute atomic E-state index is 0.503. The van der Waals surface area contributed by atoms with Gasteiger partial charge in [0.25, 0.3) is 0 Å². The summed E-state index contributed by atoms with van der Waals surface area (Å²) in [5, 5.41) is 0.782. The van der Waals surface area contributed by atoms with Crippen LogP contribution in [0.5, 0.6) is 11.5 Å². The van der Waals surface area contributed by atoms with Crippen LogP contribution in [0.1, 0.15) is 12.5 Å². The minimum atomic E-state index is 0.503. The molecule has 17 heavy (non-hydrogen) atoms. The number of alkyl halides is 1. The molecule has 0 N–H and O–H groups in total. The monoisotopic (exact) mass is 366 g/mol. The second-order valence-electron chi connectivity index (χ2n) is 3.31. The number of benzene rings is 1. The van der Waals surface area contributed by atoms with Gasteiger partial charge < -0.3 is 14.2 Å². The molecular weight excluding hydrogens is 352 g/mol. The smallest absolute Gasteiger partial charge is 0.175 e. The molecule has 0 heterocycles. The van der Waals surface area contributed by atoms with Gasteiger partial charge in [0.05, 0.1) is 17.7 Å². The zero-order valence-electron chi connectivity index (χ0n) is 9.96. The maximum Gasteiger partial charge on any atom is 0.175 e. The molecule has 5 heteroatoms.